The van der Waals surface area contributed by atoms with Crippen LogP contribution in [0.2, 0.25) is 0 Å². The summed E-state index contributed by atoms with van der Waals surface area (Å²) in [5.41, 5.74) is 1.15. The Morgan fingerprint density at radius 2 is 2.19 bits per heavy atom. The molecule has 0 atom stereocenters. The van der Waals surface area contributed by atoms with Gasteiger partial charge in [-0.15, -0.1) is 0 Å². The number of aromatic nitrogens is 1. The zero-order valence-electron chi connectivity index (χ0n) is 9.95. The van der Waals surface area contributed by atoms with E-state index in [1.54, 1.807) is 13.8 Å². The lowest BCUT2D eigenvalue weighted by atomic mass is 9.94. The van der Waals surface area contributed by atoms with E-state index < -0.39 is 11.4 Å². The molecule has 1 rings (SSSR count). The predicted molar refractivity (Wildman–Crippen MR) is 62.1 cm³/mol. The van der Waals surface area contributed by atoms with E-state index in [0.29, 0.717) is 13.1 Å². The van der Waals surface area contributed by atoms with E-state index >= 15 is 0 Å². The van der Waals surface area contributed by atoms with Crippen LogP contribution in [0.4, 0.5) is 0 Å². The molecule has 4 nitrogen and oxygen atoms in total. The normalized spacial score (nSPS) is 11.4. The lowest BCUT2D eigenvalue weighted by molar-refractivity contribution is -0.146. The van der Waals surface area contributed by atoms with Gasteiger partial charge in [0.2, 0.25) is 0 Å². The Bertz CT molecular complexity index is 375. The summed E-state index contributed by atoms with van der Waals surface area (Å²) in [5, 5.41) is 12.0. The SMILES string of the molecule is Cc1cccc(CNCC(C)(C)C(=O)O)n1. The van der Waals surface area contributed by atoms with Crippen LogP contribution in [0.1, 0.15) is 25.2 Å². The summed E-state index contributed by atoms with van der Waals surface area (Å²) in [6.45, 7) is 6.36. The molecule has 88 valence electrons. The molecule has 0 aromatic carbocycles. The molecule has 16 heavy (non-hydrogen) atoms. The molecule has 0 bridgehead atoms. The smallest absolute Gasteiger partial charge is 0.310 e. The van der Waals surface area contributed by atoms with Gasteiger partial charge in [-0.05, 0) is 32.9 Å². The Kier molecular flexibility index (Phi) is 4.01. The first-order valence-electron chi connectivity index (χ1n) is 5.28. The highest BCUT2D eigenvalue weighted by atomic mass is 16.4. The number of carbonyl (C=O) groups is 1. The van der Waals surface area contributed by atoms with Crippen molar-refractivity contribution in [1.82, 2.24) is 10.3 Å². The van der Waals surface area contributed by atoms with Crippen molar-refractivity contribution >= 4 is 5.97 Å². The molecule has 1 aromatic rings. The van der Waals surface area contributed by atoms with Crippen molar-refractivity contribution in [3.63, 3.8) is 0 Å². The Labute approximate surface area is 95.7 Å². The number of nitrogens with zero attached hydrogens (tertiary/aromatic N) is 1. The molecule has 4 heteroatoms. The van der Waals surface area contributed by atoms with Crippen molar-refractivity contribution < 1.29 is 9.90 Å². The summed E-state index contributed by atoms with van der Waals surface area (Å²) >= 11 is 0. The first kappa shape index (κ1) is 12.6. The minimum atomic E-state index is -0.794. The van der Waals surface area contributed by atoms with Gasteiger partial charge in [-0.2, -0.15) is 0 Å². The third-order valence-corrected chi connectivity index (χ3v) is 2.40. The van der Waals surface area contributed by atoms with E-state index in [1.807, 2.05) is 25.1 Å². The Morgan fingerprint density at radius 3 is 2.75 bits per heavy atom. The second kappa shape index (κ2) is 5.07. The minimum absolute atomic E-state index is 0.429. The fourth-order valence-corrected chi connectivity index (χ4v) is 1.28. The lowest BCUT2D eigenvalue weighted by Crippen LogP contribution is -2.35. The topological polar surface area (TPSA) is 62.2 Å². The molecule has 0 fully saturated rings. The first-order chi connectivity index (χ1) is 7.42. The van der Waals surface area contributed by atoms with Gasteiger partial charge in [0.15, 0.2) is 0 Å². The van der Waals surface area contributed by atoms with Gasteiger partial charge in [0.1, 0.15) is 0 Å². The number of aryl methyl sites for hydroxylation is 1. The molecular weight excluding hydrogens is 204 g/mol. The summed E-state index contributed by atoms with van der Waals surface area (Å²) in [5.74, 6) is -0.794. The van der Waals surface area contributed by atoms with E-state index in [9.17, 15) is 4.79 Å². The molecule has 0 saturated carbocycles. The maximum Gasteiger partial charge on any atom is 0.310 e. The zero-order valence-corrected chi connectivity index (χ0v) is 9.95. The number of nitrogens with one attached hydrogen (secondary N) is 1. The largest absolute Gasteiger partial charge is 0.481 e. The minimum Gasteiger partial charge on any atom is -0.481 e. The Hall–Kier alpha value is -1.42. The molecular formula is C12H18N2O2. The fourth-order valence-electron chi connectivity index (χ4n) is 1.28. The maximum absolute atomic E-state index is 10.9. The molecule has 0 saturated heterocycles. The van der Waals surface area contributed by atoms with Crippen LogP contribution in [-0.4, -0.2) is 22.6 Å². The average molecular weight is 222 g/mol. The summed E-state index contributed by atoms with van der Waals surface area (Å²) in [6, 6.07) is 5.81. The van der Waals surface area contributed by atoms with Gasteiger partial charge in [-0.1, -0.05) is 6.07 Å². The van der Waals surface area contributed by atoms with Gasteiger partial charge < -0.3 is 10.4 Å². The third-order valence-electron chi connectivity index (χ3n) is 2.40. The number of carboxylic acids is 1. The number of hydrogen-bond acceptors (Lipinski definition) is 3. The number of pyridine rings is 1. The van der Waals surface area contributed by atoms with Gasteiger partial charge in [0.25, 0.3) is 0 Å². The first-order valence-corrected chi connectivity index (χ1v) is 5.28. The van der Waals surface area contributed by atoms with Crippen molar-refractivity contribution in [2.45, 2.75) is 27.3 Å². The molecule has 1 aromatic heterocycles. The van der Waals surface area contributed by atoms with E-state index in [4.69, 9.17) is 5.11 Å². The van der Waals surface area contributed by atoms with Crippen LogP contribution >= 0.6 is 0 Å². The monoisotopic (exact) mass is 222 g/mol. The number of aliphatic carboxylic acids is 1. The summed E-state index contributed by atoms with van der Waals surface area (Å²) in [4.78, 5) is 15.2. The van der Waals surface area contributed by atoms with Crippen LogP contribution in [-0.2, 0) is 11.3 Å². The van der Waals surface area contributed by atoms with Crippen LogP contribution in [0, 0.1) is 12.3 Å². The number of hydrogen-bond donors (Lipinski definition) is 2. The second-order valence-corrected chi connectivity index (χ2v) is 4.56. The van der Waals surface area contributed by atoms with Crippen molar-refractivity contribution in [1.29, 1.82) is 0 Å². The Balaban J connectivity index is 2.45. The van der Waals surface area contributed by atoms with Crippen molar-refractivity contribution in [2.75, 3.05) is 6.54 Å². The molecule has 1 heterocycles. The molecule has 0 aliphatic rings. The molecule has 2 N–H and O–H groups in total. The molecule has 0 amide bonds. The molecule has 0 aliphatic carbocycles. The van der Waals surface area contributed by atoms with Crippen LogP contribution in [0.15, 0.2) is 18.2 Å². The van der Waals surface area contributed by atoms with Gasteiger partial charge in [-0.3, -0.25) is 9.78 Å². The van der Waals surface area contributed by atoms with Crippen molar-refractivity contribution in [3.05, 3.63) is 29.6 Å². The third kappa shape index (κ3) is 3.62. The standard InChI is InChI=1S/C12H18N2O2/c1-9-5-4-6-10(14-9)7-13-8-12(2,3)11(15)16/h4-6,13H,7-8H2,1-3H3,(H,15,16). The van der Waals surface area contributed by atoms with Crippen LogP contribution in [0.3, 0.4) is 0 Å². The Morgan fingerprint density at radius 1 is 1.50 bits per heavy atom. The number of carboxylic acid groups (broad SMARTS) is 1. The summed E-state index contributed by atoms with van der Waals surface area (Å²) < 4.78 is 0. The van der Waals surface area contributed by atoms with Crippen molar-refractivity contribution in [2.24, 2.45) is 5.41 Å². The highest BCUT2D eigenvalue weighted by Gasteiger charge is 2.26. The van der Waals surface area contributed by atoms with Crippen LogP contribution < -0.4 is 5.32 Å². The van der Waals surface area contributed by atoms with E-state index in [-0.39, 0.29) is 0 Å². The molecule has 0 aliphatic heterocycles. The van der Waals surface area contributed by atoms with Crippen LogP contribution in [0.5, 0.6) is 0 Å². The van der Waals surface area contributed by atoms with Crippen LogP contribution in [0.25, 0.3) is 0 Å². The molecule has 0 radical (unpaired) electrons. The van der Waals surface area contributed by atoms with E-state index in [2.05, 4.69) is 10.3 Å². The average Bonchev–Trinajstić information content (AvgIpc) is 2.17. The molecule has 0 spiro atoms. The highest BCUT2D eigenvalue weighted by Crippen LogP contribution is 2.13. The lowest BCUT2D eigenvalue weighted by Gasteiger charge is -2.19. The fraction of sp³-hybridized carbons (Fsp3) is 0.500. The highest BCUT2D eigenvalue weighted by molar-refractivity contribution is 5.73. The van der Waals surface area contributed by atoms with Gasteiger partial charge in [-0.25, -0.2) is 0 Å². The zero-order chi connectivity index (χ0) is 12.2. The predicted octanol–water partition coefficient (Wildman–Crippen LogP) is 1.59. The van der Waals surface area contributed by atoms with E-state index in [1.165, 1.54) is 0 Å². The van der Waals surface area contributed by atoms with Gasteiger partial charge >= 0.3 is 5.97 Å². The van der Waals surface area contributed by atoms with Gasteiger partial charge in [0, 0.05) is 18.8 Å². The van der Waals surface area contributed by atoms with Gasteiger partial charge in [0.05, 0.1) is 11.1 Å². The molecule has 0 unspecified atom stereocenters. The summed E-state index contributed by atoms with van der Waals surface area (Å²) in [6.07, 6.45) is 0. The quantitative estimate of drug-likeness (QED) is 0.794. The summed E-state index contributed by atoms with van der Waals surface area (Å²) in [7, 11) is 0. The van der Waals surface area contributed by atoms with Crippen molar-refractivity contribution in [3.8, 4) is 0 Å². The number of rotatable bonds is 5. The maximum atomic E-state index is 10.9. The second-order valence-electron chi connectivity index (χ2n) is 4.56. The van der Waals surface area contributed by atoms with E-state index in [0.717, 1.165) is 11.4 Å².